The fraction of sp³-hybridized carbons (Fsp3) is 0.324. The van der Waals surface area contributed by atoms with E-state index in [2.05, 4.69) is 17.6 Å². The zero-order chi connectivity index (χ0) is 31.9. The summed E-state index contributed by atoms with van der Waals surface area (Å²) in [6.45, 7) is 11.1. The minimum absolute atomic E-state index is 0.232. The Labute approximate surface area is 260 Å². The molecule has 7 heteroatoms. The number of nitrogens with one attached hydrogen (secondary N) is 2. The Kier molecular flexibility index (Phi) is 10.4. The first-order chi connectivity index (χ1) is 20.9. The molecule has 44 heavy (non-hydrogen) atoms. The maximum absolute atomic E-state index is 14.5. The number of hydrogen-bond acceptors (Lipinski definition) is 4. The van der Waals surface area contributed by atoms with Gasteiger partial charge in [-0.15, -0.1) is 0 Å². The molecule has 2 unspecified atom stereocenters. The van der Waals surface area contributed by atoms with Crippen molar-refractivity contribution in [1.82, 2.24) is 10.2 Å². The second kappa shape index (κ2) is 14.2. The first kappa shape index (κ1) is 32.3. The van der Waals surface area contributed by atoms with E-state index >= 15 is 0 Å². The summed E-state index contributed by atoms with van der Waals surface area (Å²) in [7, 11) is 0. The molecular weight excluding hydrogens is 550 g/mol. The van der Waals surface area contributed by atoms with E-state index in [1.54, 1.807) is 25.7 Å². The third-order valence-corrected chi connectivity index (χ3v) is 7.33. The van der Waals surface area contributed by atoms with Crippen LogP contribution in [0.3, 0.4) is 0 Å². The first-order valence-electron chi connectivity index (χ1n) is 15.2. The molecule has 0 aliphatic heterocycles. The second-order valence-corrected chi connectivity index (χ2v) is 12.3. The van der Waals surface area contributed by atoms with E-state index < -0.39 is 23.8 Å². The lowest BCUT2D eigenvalue weighted by atomic mass is 9.97. The van der Waals surface area contributed by atoms with Crippen molar-refractivity contribution in [2.45, 2.75) is 78.1 Å². The van der Waals surface area contributed by atoms with Gasteiger partial charge in [-0.2, -0.15) is 0 Å². The quantitative estimate of drug-likeness (QED) is 0.200. The van der Waals surface area contributed by atoms with Crippen LogP contribution in [0.25, 0.3) is 10.8 Å². The molecule has 0 aromatic heterocycles. The van der Waals surface area contributed by atoms with Gasteiger partial charge in [-0.1, -0.05) is 91.9 Å². The summed E-state index contributed by atoms with van der Waals surface area (Å²) in [5.74, 6) is -0.727. The fourth-order valence-electron chi connectivity index (χ4n) is 5.21. The molecule has 3 amide bonds. The van der Waals surface area contributed by atoms with Crippen molar-refractivity contribution in [2.24, 2.45) is 0 Å². The number of rotatable bonds is 10. The average molecular weight is 594 g/mol. The molecule has 230 valence electrons. The Balaban J connectivity index is 1.73. The van der Waals surface area contributed by atoms with E-state index in [1.165, 1.54) is 0 Å². The predicted octanol–water partition coefficient (Wildman–Crippen LogP) is 7.46. The Morgan fingerprint density at radius 2 is 1.43 bits per heavy atom. The molecule has 0 heterocycles. The number of aryl methyl sites for hydroxylation is 1. The van der Waals surface area contributed by atoms with Crippen molar-refractivity contribution in [2.75, 3.05) is 5.32 Å². The smallest absolute Gasteiger partial charge is 0.408 e. The number of amides is 3. The van der Waals surface area contributed by atoms with Gasteiger partial charge in [0.05, 0.1) is 0 Å². The number of alkyl carbamates (subject to hydrolysis) is 1. The third kappa shape index (κ3) is 8.47. The van der Waals surface area contributed by atoms with E-state index in [0.29, 0.717) is 11.3 Å². The van der Waals surface area contributed by atoms with Crippen LogP contribution in [0.2, 0.25) is 0 Å². The number of anilines is 1. The molecule has 0 saturated heterocycles. The van der Waals surface area contributed by atoms with Crippen LogP contribution < -0.4 is 10.6 Å². The Bertz CT molecular complexity index is 1580. The summed E-state index contributed by atoms with van der Waals surface area (Å²) in [6.07, 6.45) is 0.385. The molecule has 2 N–H and O–H groups in total. The number of hydrogen-bond donors (Lipinski definition) is 2. The van der Waals surface area contributed by atoms with Crippen LogP contribution in [-0.2, 0) is 27.2 Å². The Morgan fingerprint density at radius 1 is 0.795 bits per heavy atom. The van der Waals surface area contributed by atoms with Crippen LogP contribution in [0.5, 0.6) is 0 Å². The van der Waals surface area contributed by atoms with Crippen LogP contribution in [0.4, 0.5) is 10.5 Å². The number of nitrogens with zero attached hydrogens (tertiary/aromatic N) is 1. The van der Waals surface area contributed by atoms with E-state index in [-0.39, 0.29) is 24.3 Å². The summed E-state index contributed by atoms with van der Waals surface area (Å²) >= 11 is 0. The predicted molar refractivity (Wildman–Crippen MR) is 176 cm³/mol. The van der Waals surface area contributed by atoms with Gasteiger partial charge in [0.15, 0.2) is 0 Å². The minimum Gasteiger partial charge on any atom is -0.444 e. The maximum atomic E-state index is 14.5. The number of benzene rings is 4. The van der Waals surface area contributed by atoms with Crippen LogP contribution >= 0.6 is 0 Å². The SMILES string of the molecule is CCc1ccc(C(C(=O)Nc2ccc3ccccc3c2)N(C(=O)C(Cc2ccccc2)NC(=O)OC(C)(C)C)C(C)C)cc1. The average Bonchev–Trinajstić information content (AvgIpc) is 2.98. The minimum atomic E-state index is -0.972. The number of carbonyl (C=O) groups is 3. The van der Waals surface area contributed by atoms with E-state index in [0.717, 1.165) is 28.3 Å². The van der Waals surface area contributed by atoms with Gasteiger partial charge in [-0.3, -0.25) is 9.59 Å². The molecule has 2 atom stereocenters. The molecule has 0 spiro atoms. The molecule has 0 bridgehead atoms. The van der Waals surface area contributed by atoms with E-state index in [4.69, 9.17) is 4.74 Å². The highest BCUT2D eigenvalue weighted by Crippen LogP contribution is 2.28. The number of ether oxygens (including phenoxy) is 1. The first-order valence-corrected chi connectivity index (χ1v) is 15.2. The van der Waals surface area contributed by atoms with Gasteiger partial charge in [0, 0.05) is 18.2 Å². The van der Waals surface area contributed by atoms with Crippen LogP contribution in [0.1, 0.15) is 64.3 Å². The molecule has 4 aromatic rings. The van der Waals surface area contributed by atoms with Crippen molar-refractivity contribution in [3.8, 4) is 0 Å². The summed E-state index contributed by atoms with van der Waals surface area (Å²) in [4.78, 5) is 43.3. The number of carbonyl (C=O) groups excluding carboxylic acids is 3. The summed E-state index contributed by atoms with van der Waals surface area (Å²) in [6, 6.07) is 28.6. The number of fused-ring (bicyclic) bond motifs is 1. The molecule has 4 aromatic carbocycles. The van der Waals surface area contributed by atoms with E-state index in [9.17, 15) is 14.4 Å². The molecule has 0 saturated carbocycles. The monoisotopic (exact) mass is 593 g/mol. The largest absolute Gasteiger partial charge is 0.444 e. The van der Waals surface area contributed by atoms with Crippen LogP contribution in [0.15, 0.2) is 97.1 Å². The van der Waals surface area contributed by atoms with Gasteiger partial charge < -0.3 is 20.3 Å². The van der Waals surface area contributed by atoms with Crippen LogP contribution in [0, 0.1) is 0 Å². The lowest BCUT2D eigenvalue weighted by Gasteiger charge is -2.37. The van der Waals surface area contributed by atoms with Crippen molar-refractivity contribution in [1.29, 1.82) is 0 Å². The van der Waals surface area contributed by atoms with Crippen LogP contribution in [-0.4, -0.2) is 40.5 Å². The zero-order valence-electron chi connectivity index (χ0n) is 26.5. The summed E-state index contributed by atoms with van der Waals surface area (Å²) < 4.78 is 5.53. The normalized spacial score (nSPS) is 12.8. The van der Waals surface area contributed by atoms with Gasteiger partial charge in [-0.25, -0.2) is 4.79 Å². The Morgan fingerprint density at radius 3 is 2.05 bits per heavy atom. The van der Waals surface area contributed by atoms with Crippen molar-refractivity contribution >= 4 is 34.4 Å². The molecule has 4 rings (SSSR count). The molecule has 0 fully saturated rings. The third-order valence-electron chi connectivity index (χ3n) is 7.33. The van der Waals surface area contributed by atoms with Crippen molar-refractivity contribution < 1.29 is 19.1 Å². The highest BCUT2D eigenvalue weighted by molar-refractivity contribution is 6.00. The second-order valence-electron chi connectivity index (χ2n) is 12.3. The lowest BCUT2D eigenvalue weighted by molar-refractivity contribution is -0.142. The molecular formula is C37H43N3O4. The van der Waals surface area contributed by atoms with Gasteiger partial charge in [0.2, 0.25) is 5.91 Å². The van der Waals surface area contributed by atoms with Gasteiger partial charge in [0.1, 0.15) is 17.7 Å². The topological polar surface area (TPSA) is 87.7 Å². The molecule has 7 nitrogen and oxygen atoms in total. The lowest BCUT2D eigenvalue weighted by Crippen LogP contribution is -2.55. The van der Waals surface area contributed by atoms with Gasteiger partial charge in [0.25, 0.3) is 5.91 Å². The van der Waals surface area contributed by atoms with Crippen molar-refractivity contribution in [3.63, 3.8) is 0 Å². The van der Waals surface area contributed by atoms with Gasteiger partial charge >= 0.3 is 6.09 Å². The molecule has 0 radical (unpaired) electrons. The molecule has 0 aliphatic rings. The fourth-order valence-corrected chi connectivity index (χ4v) is 5.21. The van der Waals surface area contributed by atoms with Crippen molar-refractivity contribution in [3.05, 3.63) is 114 Å². The standard InChI is InChI=1S/C37H43N3O4/c1-7-26-17-19-29(20-18-26)33(34(41)38-31-22-21-28-15-11-12-16-30(28)24-31)40(25(2)3)35(42)32(23-27-13-9-8-10-14-27)39-36(43)44-37(4,5)6/h8-22,24-25,32-33H,7,23H2,1-6H3,(H,38,41)(H,39,43). The summed E-state index contributed by atoms with van der Waals surface area (Å²) in [5, 5.41) is 7.93. The molecule has 0 aliphatic carbocycles. The summed E-state index contributed by atoms with van der Waals surface area (Å²) in [5.41, 5.74) is 2.56. The van der Waals surface area contributed by atoms with Gasteiger partial charge in [-0.05, 0) is 80.6 Å². The zero-order valence-corrected chi connectivity index (χ0v) is 26.5. The highest BCUT2D eigenvalue weighted by atomic mass is 16.6. The highest BCUT2D eigenvalue weighted by Gasteiger charge is 2.38. The Hall–Kier alpha value is -4.65. The van der Waals surface area contributed by atoms with E-state index in [1.807, 2.05) is 111 Å². The maximum Gasteiger partial charge on any atom is 0.408 e.